The van der Waals surface area contributed by atoms with Gasteiger partial charge in [-0.2, -0.15) is 0 Å². The second kappa shape index (κ2) is 9.68. The van der Waals surface area contributed by atoms with E-state index in [1.165, 1.54) is 0 Å². The smallest absolute Gasteiger partial charge is 0.233 e. The molecular formula is C19H21ClN2O4. The van der Waals surface area contributed by atoms with Crippen molar-refractivity contribution >= 4 is 29.1 Å². The van der Waals surface area contributed by atoms with Crippen molar-refractivity contribution in [1.29, 1.82) is 0 Å². The van der Waals surface area contributed by atoms with Crippen molar-refractivity contribution in [3.63, 3.8) is 0 Å². The molecule has 2 aromatic rings. The molecule has 0 radical (unpaired) electrons. The Bertz CT molecular complexity index is 780. The van der Waals surface area contributed by atoms with Gasteiger partial charge in [-0.3, -0.25) is 9.59 Å². The van der Waals surface area contributed by atoms with E-state index < -0.39 is 5.91 Å². The van der Waals surface area contributed by atoms with Crippen LogP contribution in [0, 0.1) is 0 Å². The largest absolute Gasteiger partial charge is 0.493 e. The average Bonchev–Trinajstić information content (AvgIpc) is 2.63. The van der Waals surface area contributed by atoms with Gasteiger partial charge in [0.15, 0.2) is 11.5 Å². The minimum atomic E-state index is -0.415. The Morgan fingerprint density at radius 1 is 1.00 bits per heavy atom. The van der Waals surface area contributed by atoms with Gasteiger partial charge in [0.2, 0.25) is 11.8 Å². The molecule has 0 atom stereocenters. The molecule has 0 saturated carbocycles. The molecule has 0 saturated heterocycles. The molecule has 0 aliphatic rings. The van der Waals surface area contributed by atoms with Crippen molar-refractivity contribution in [1.82, 2.24) is 5.32 Å². The van der Waals surface area contributed by atoms with Crippen LogP contribution >= 0.6 is 11.6 Å². The fraction of sp³-hybridized carbons (Fsp3) is 0.263. The minimum Gasteiger partial charge on any atom is -0.493 e. The minimum absolute atomic E-state index is 0.267. The van der Waals surface area contributed by atoms with Gasteiger partial charge >= 0.3 is 0 Å². The highest BCUT2D eigenvalue weighted by Crippen LogP contribution is 2.27. The lowest BCUT2D eigenvalue weighted by Crippen LogP contribution is -2.29. The number of nitrogens with one attached hydrogen (secondary N) is 2. The number of carbonyl (C=O) groups excluding carboxylic acids is 2. The van der Waals surface area contributed by atoms with Crippen molar-refractivity contribution in [2.24, 2.45) is 0 Å². The summed E-state index contributed by atoms with van der Waals surface area (Å²) in [6, 6.07) is 12.4. The van der Waals surface area contributed by atoms with Crippen molar-refractivity contribution in [2.45, 2.75) is 12.8 Å². The number of ether oxygens (including phenoxy) is 2. The standard InChI is InChI=1S/C19H21ClN2O4/c1-25-16-8-7-13(11-17(16)26-2)9-10-21-18(23)12-19(24)22-15-6-4-3-5-14(15)20/h3-8,11H,9-10,12H2,1-2H3,(H,21,23)(H,22,24). The van der Waals surface area contributed by atoms with E-state index in [0.29, 0.717) is 35.2 Å². The molecule has 0 bridgehead atoms. The molecule has 138 valence electrons. The molecule has 2 rings (SSSR count). The zero-order chi connectivity index (χ0) is 18.9. The topological polar surface area (TPSA) is 76.7 Å². The molecule has 0 aliphatic carbocycles. The van der Waals surface area contributed by atoms with E-state index in [4.69, 9.17) is 21.1 Å². The fourth-order valence-electron chi connectivity index (χ4n) is 2.35. The molecule has 2 N–H and O–H groups in total. The molecule has 2 amide bonds. The van der Waals surface area contributed by atoms with Crippen LogP contribution in [0.15, 0.2) is 42.5 Å². The molecule has 6 nitrogen and oxygen atoms in total. The van der Waals surface area contributed by atoms with Crippen LogP contribution in [0.4, 0.5) is 5.69 Å². The fourth-order valence-corrected chi connectivity index (χ4v) is 2.53. The lowest BCUT2D eigenvalue weighted by molar-refractivity contribution is -0.126. The maximum Gasteiger partial charge on any atom is 0.233 e. The van der Waals surface area contributed by atoms with E-state index in [1.807, 2.05) is 18.2 Å². The molecule has 2 aromatic carbocycles. The van der Waals surface area contributed by atoms with E-state index >= 15 is 0 Å². The number of anilines is 1. The number of hydrogen-bond acceptors (Lipinski definition) is 4. The first-order valence-electron chi connectivity index (χ1n) is 8.05. The molecule has 0 unspecified atom stereocenters. The Morgan fingerprint density at radius 3 is 2.42 bits per heavy atom. The first-order valence-corrected chi connectivity index (χ1v) is 8.43. The monoisotopic (exact) mass is 376 g/mol. The Balaban J connectivity index is 1.78. The van der Waals surface area contributed by atoms with Gasteiger partial charge in [-0.1, -0.05) is 29.8 Å². The Labute approximate surface area is 157 Å². The summed E-state index contributed by atoms with van der Waals surface area (Å²) in [4.78, 5) is 23.8. The van der Waals surface area contributed by atoms with Gasteiger partial charge in [0.1, 0.15) is 6.42 Å². The van der Waals surface area contributed by atoms with Crippen LogP contribution in [0.3, 0.4) is 0 Å². The number of rotatable bonds is 8. The van der Waals surface area contributed by atoms with Crippen molar-refractivity contribution in [2.75, 3.05) is 26.1 Å². The zero-order valence-electron chi connectivity index (χ0n) is 14.7. The van der Waals surface area contributed by atoms with Crippen LogP contribution in [0.5, 0.6) is 11.5 Å². The molecule has 0 spiro atoms. The summed E-state index contributed by atoms with van der Waals surface area (Å²) in [5.74, 6) is 0.517. The van der Waals surface area contributed by atoms with E-state index in [-0.39, 0.29) is 12.3 Å². The summed E-state index contributed by atoms with van der Waals surface area (Å²) in [6.45, 7) is 0.410. The maximum atomic E-state index is 11.9. The SMILES string of the molecule is COc1ccc(CCNC(=O)CC(=O)Nc2ccccc2Cl)cc1OC. The molecule has 0 aromatic heterocycles. The van der Waals surface area contributed by atoms with Gasteiger partial charge in [0.05, 0.1) is 24.9 Å². The van der Waals surface area contributed by atoms with Gasteiger partial charge in [-0.15, -0.1) is 0 Å². The second-order valence-corrected chi connectivity index (χ2v) is 5.90. The molecule has 0 fully saturated rings. The number of hydrogen-bond donors (Lipinski definition) is 2. The summed E-state index contributed by atoms with van der Waals surface area (Å²) in [6.07, 6.45) is 0.343. The van der Waals surface area contributed by atoms with Gasteiger partial charge in [0, 0.05) is 6.54 Å². The average molecular weight is 377 g/mol. The van der Waals surface area contributed by atoms with E-state index in [9.17, 15) is 9.59 Å². The summed E-state index contributed by atoms with van der Waals surface area (Å²) >= 11 is 5.97. The highest BCUT2D eigenvalue weighted by Gasteiger charge is 2.11. The highest BCUT2D eigenvalue weighted by atomic mass is 35.5. The number of para-hydroxylation sites is 1. The van der Waals surface area contributed by atoms with Gasteiger partial charge in [0.25, 0.3) is 0 Å². The van der Waals surface area contributed by atoms with E-state index in [1.54, 1.807) is 38.5 Å². The van der Waals surface area contributed by atoms with Gasteiger partial charge in [-0.25, -0.2) is 0 Å². The number of halogens is 1. The maximum absolute atomic E-state index is 11.9. The lowest BCUT2D eigenvalue weighted by Gasteiger charge is -2.10. The van der Waals surface area contributed by atoms with Crippen molar-refractivity contribution < 1.29 is 19.1 Å². The summed E-state index contributed by atoms with van der Waals surface area (Å²) < 4.78 is 10.4. The van der Waals surface area contributed by atoms with Crippen LogP contribution in [0.1, 0.15) is 12.0 Å². The van der Waals surface area contributed by atoms with Crippen LogP contribution in [-0.4, -0.2) is 32.6 Å². The van der Waals surface area contributed by atoms with Crippen LogP contribution in [-0.2, 0) is 16.0 Å². The lowest BCUT2D eigenvalue weighted by atomic mass is 10.1. The first-order chi connectivity index (χ1) is 12.5. The third-order valence-corrected chi connectivity index (χ3v) is 3.98. The molecule has 7 heteroatoms. The zero-order valence-corrected chi connectivity index (χ0v) is 15.4. The normalized spacial score (nSPS) is 10.1. The second-order valence-electron chi connectivity index (χ2n) is 5.49. The molecule has 0 heterocycles. The highest BCUT2D eigenvalue weighted by molar-refractivity contribution is 6.33. The molecular weight excluding hydrogens is 356 g/mol. The van der Waals surface area contributed by atoms with Crippen LogP contribution < -0.4 is 20.1 Å². The summed E-state index contributed by atoms with van der Waals surface area (Å²) in [7, 11) is 3.15. The van der Waals surface area contributed by atoms with Gasteiger partial charge in [-0.05, 0) is 36.2 Å². The van der Waals surface area contributed by atoms with Crippen molar-refractivity contribution in [3.8, 4) is 11.5 Å². The van der Waals surface area contributed by atoms with Crippen LogP contribution in [0.2, 0.25) is 5.02 Å². The molecule has 26 heavy (non-hydrogen) atoms. The third kappa shape index (κ3) is 5.67. The first kappa shape index (κ1) is 19.6. The summed E-state index contributed by atoms with van der Waals surface area (Å²) in [5.41, 5.74) is 1.47. The number of amides is 2. The molecule has 0 aliphatic heterocycles. The van der Waals surface area contributed by atoms with E-state index in [2.05, 4.69) is 10.6 Å². The summed E-state index contributed by atoms with van der Waals surface area (Å²) in [5, 5.41) is 5.76. The number of carbonyl (C=O) groups is 2. The van der Waals surface area contributed by atoms with Crippen LogP contribution in [0.25, 0.3) is 0 Å². The third-order valence-electron chi connectivity index (χ3n) is 3.65. The number of benzene rings is 2. The number of methoxy groups -OCH3 is 2. The Hall–Kier alpha value is -2.73. The predicted octanol–water partition coefficient (Wildman–Crippen LogP) is 3.04. The Kier molecular flexibility index (Phi) is 7.29. The quantitative estimate of drug-likeness (QED) is 0.694. The van der Waals surface area contributed by atoms with Crippen molar-refractivity contribution in [3.05, 3.63) is 53.1 Å². The van der Waals surface area contributed by atoms with E-state index in [0.717, 1.165) is 5.56 Å². The Morgan fingerprint density at radius 2 is 1.73 bits per heavy atom. The predicted molar refractivity (Wildman–Crippen MR) is 101 cm³/mol. The van der Waals surface area contributed by atoms with Gasteiger partial charge < -0.3 is 20.1 Å².